The van der Waals surface area contributed by atoms with Crippen molar-refractivity contribution in [1.29, 1.82) is 0 Å². The van der Waals surface area contributed by atoms with Gasteiger partial charge in [0.2, 0.25) is 0 Å². The molecule has 3 aromatic heterocycles. The average molecular weight is 511 g/mol. The molecule has 1 saturated carbocycles. The normalized spacial score (nSPS) is 19.8. The summed E-state index contributed by atoms with van der Waals surface area (Å²) < 4.78 is 50.3. The van der Waals surface area contributed by atoms with Gasteiger partial charge in [-0.05, 0) is 68.9 Å². The minimum Gasteiger partial charge on any atom is -0.491 e. The van der Waals surface area contributed by atoms with Crippen molar-refractivity contribution in [3.63, 3.8) is 0 Å². The van der Waals surface area contributed by atoms with Gasteiger partial charge in [0.05, 0.1) is 11.6 Å². The molecule has 2 N–H and O–H groups in total. The molecule has 1 aliphatic heterocycles. The first kappa shape index (κ1) is 24.1. The highest BCUT2D eigenvalue weighted by Crippen LogP contribution is 2.47. The van der Waals surface area contributed by atoms with Gasteiger partial charge in [-0.1, -0.05) is 12.1 Å². The number of alkyl halides is 3. The fourth-order valence-corrected chi connectivity index (χ4v) is 5.34. The van der Waals surface area contributed by atoms with Gasteiger partial charge in [0.1, 0.15) is 17.5 Å². The lowest BCUT2D eigenvalue weighted by atomic mass is 10.0. The summed E-state index contributed by atoms with van der Waals surface area (Å²) in [7, 11) is 0. The topological polar surface area (TPSA) is 81.6 Å². The summed E-state index contributed by atoms with van der Waals surface area (Å²) in [4.78, 5) is 6.36. The van der Waals surface area contributed by atoms with Crippen LogP contribution in [0.15, 0.2) is 42.6 Å². The predicted octanol–water partition coefficient (Wildman–Crippen LogP) is 5.25. The van der Waals surface area contributed by atoms with Crippen LogP contribution in [0.25, 0.3) is 28.1 Å². The second-order valence-corrected chi connectivity index (χ2v) is 10.4. The number of halogens is 3. The molecule has 0 radical (unpaired) electrons. The fourth-order valence-electron chi connectivity index (χ4n) is 5.34. The quantitative estimate of drug-likeness (QED) is 0.382. The van der Waals surface area contributed by atoms with E-state index in [2.05, 4.69) is 10.2 Å². The highest BCUT2D eigenvalue weighted by molar-refractivity contribution is 5.87. The number of hydrogen-bond acceptors (Lipinski definition) is 6. The number of nitrogens with two attached hydrogens (primary N) is 1. The highest BCUT2D eigenvalue weighted by Gasteiger charge is 2.46. The zero-order chi connectivity index (χ0) is 25.9. The Bertz CT molecular complexity index is 1460. The lowest BCUT2D eigenvalue weighted by Gasteiger charge is -2.30. The molecule has 7 nitrogen and oxygen atoms in total. The summed E-state index contributed by atoms with van der Waals surface area (Å²) >= 11 is 0. The SMILES string of the molecule is CC(C)Oc1ccc2ccc(-c3nnc4ccc([C@@H](N5CC[C@H](N)C5)C(F)(F)F)cn34)nc2c1C1CC1. The third-order valence-corrected chi connectivity index (χ3v) is 7.11. The van der Waals surface area contributed by atoms with Gasteiger partial charge in [0.15, 0.2) is 11.5 Å². The largest absolute Gasteiger partial charge is 0.491 e. The summed E-state index contributed by atoms with van der Waals surface area (Å²) in [5.74, 6) is 1.62. The monoisotopic (exact) mass is 510 g/mol. The highest BCUT2D eigenvalue weighted by atomic mass is 19.4. The molecule has 1 aliphatic carbocycles. The van der Waals surface area contributed by atoms with E-state index < -0.39 is 12.2 Å². The summed E-state index contributed by atoms with van der Waals surface area (Å²) in [6.07, 6.45) is -0.230. The standard InChI is InChI=1S/C27H29F3N6O/c1-15(2)37-21-9-6-17-5-8-20(32-24(17)23(21)16-3-4-16)26-34-33-22-10-7-18(13-36(22)26)25(27(28,29)30)35-12-11-19(31)14-35/h5-10,13,15-16,19,25H,3-4,11-12,14,31H2,1-2H3/t19-,25+/m0/s1. The van der Waals surface area contributed by atoms with E-state index in [9.17, 15) is 13.2 Å². The minimum absolute atomic E-state index is 0.0312. The molecule has 1 aromatic carbocycles. The van der Waals surface area contributed by atoms with Gasteiger partial charge in [-0.25, -0.2) is 4.98 Å². The van der Waals surface area contributed by atoms with Crippen molar-refractivity contribution < 1.29 is 17.9 Å². The van der Waals surface area contributed by atoms with Gasteiger partial charge in [0, 0.05) is 36.3 Å². The van der Waals surface area contributed by atoms with E-state index in [1.807, 2.05) is 38.1 Å². The summed E-state index contributed by atoms with van der Waals surface area (Å²) in [5.41, 5.74) is 8.99. The Kier molecular flexibility index (Phi) is 5.83. The Labute approximate surface area is 212 Å². The van der Waals surface area contributed by atoms with Crippen LogP contribution in [-0.4, -0.2) is 55.9 Å². The van der Waals surface area contributed by atoms with Crippen molar-refractivity contribution in [2.75, 3.05) is 13.1 Å². The lowest BCUT2D eigenvalue weighted by molar-refractivity contribution is -0.183. The molecule has 2 fully saturated rings. The van der Waals surface area contributed by atoms with Crippen LogP contribution in [0.3, 0.4) is 0 Å². The first-order chi connectivity index (χ1) is 17.7. The van der Waals surface area contributed by atoms with Crippen molar-refractivity contribution in [1.82, 2.24) is 24.5 Å². The van der Waals surface area contributed by atoms with Gasteiger partial charge in [-0.2, -0.15) is 13.2 Å². The fraction of sp³-hybridized carbons (Fsp3) is 0.444. The van der Waals surface area contributed by atoms with E-state index in [4.69, 9.17) is 15.5 Å². The van der Waals surface area contributed by atoms with E-state index in [0.29, 0.717) is 36.0 Å². The number of benzene rings is 1. The second-order valence-electron chi connectivity index (χ2n) is 10.4. The smallest absolute Gasteiger partial charge is 0.408 e. The molecule has 0 unspecified atom stereocenters. The van der Waals surface area contributed by atoms with Gasteiger partial charge in [0.25, 0.3) is 0 Å². The second kappa shape index (κ2) is 8.95. The zero-order valence-corrected chi connectivity index (χ0v) is 20.7. The number of nitrogens with zero attached hydrogens (tertiary/aromatic N) is 5. The van der Waals surface area contributed by atoms with Crippen LogP contribution in [0.5, 0.6) is 5.75 Å². The Morgan fingerprint density at radius 2 is 1.81 bits per heavy atom. The first-order valence-electron chi connectivity index (χ1n) is 12.7. The maximum absolute atomic E-state index is 14.2. The average Bonchev–Trinajstić information content (AvgIpc) is 3.45. The zero-order valence-electron chi connectivity index (χ0n) is 20.7. The van der Waals surface area contributed by atoms with Crippen molar-refractivity contribution in [3.8, 4) is 17.3 Å². The van der Waals surface area contributed by atoms with Gasteiger partial charge in [-0.3, -0.25) is 9.30 Å². The van der Waals surface area contributed by atoms with Crippen LogP contribution in [0, 0.1) is 0 Å². The molecule has 4 heterocycles. The molecular weight excluding hydrogens is 481 g/mol. The number of rotatable bonds is 6. The van der Waals surface area contributed by atoms with E-state index in [-0.39, 0.29) is 24.3 Å². The summed E-state index contributed by atoms with van der Waals surface area (Å²) in [6.45, 7) is 4.49. The number of pyridine rings is 2. The molecular formula is C27H29F3N6O. The number of hydrogen-bond donors (Lipinski definition) is 1. The Morgan fingerprint density at radius 1 is 1.03 bits per heavy atom. The lowest BCUT2D eigenvalue weighted by Crippen LogP contribution is -2.38. The van der Waals surface area contributed by atoms with Crippen molar-refractivity contribution >= 4 is 16.6 Å². The van der Waals surface area contributed by atoms with Crippen LogP contribution >= 0.6 is 0 Å². The van der Waals surface area contributed by atoms with E-state index in [0.717, 1.165) is 35.1 Å². The van der Waals surface area contributed by atoms with E-state index >= 15 is 0 Å². The Hall–Kier alpha value is -3.24. The third-order valence-electron chi connectivity index (χ3n) is 7.11. The molecule has 4 aromatic rings. The van der Waals surface area contributed by atoms with E-state index in [1.165, 1.54) is 17.2 Å². The molecule has 2 aliphatic rings. The van der Waals surface area contributed by atoms with E-state index in [1.54, 1.807) is 10.5 Å². The molecule has 10 heteroatoms. The van der Waals surface area contributed by atoms with Crippen LogP contribution in [0.2, 0.25) is 0 Å². The third kappa shape index (κ3) is 4.53. The number of likely N-dealkylation sites (tertiary alicyclic amines) is 1. The molecule has 194 valence electrons. The van der Waals surface area contributed by atoms with Crippen molar-refractivity contribution in [2.24, 2.45) is 5.73 Å². The van der Waals surface area contributed by atoms with Crippen LogP contribution in [-0.2, 0) is 0 Å². The number of fused-ring (bicyclic) bond motifs is 2. The summed E-state index contributed by atoms with van der Waals surface area (Å²) in [5, 5.41) is 9.50. The molecule has 0 amide bonds. The molecule has 6 rings (SSSR count). The maximum atomic E-state index is 14.2. The molecule has 2 atom stereocenters. The predicted molar refractivity (Wildman–Crippen MR) is 134 cm³/mol. The number of aromatic nitrogens is 4. The van der Waals surface area contributed by atoms with Crippen LogP contribution < -0.4 is 10.5 Å². The van der Waals surface area contributed by atoms with Crippen molar-refractivity contribution in [3.05, 3.63) is 53.7 Å². The van der Waals surface area contributed by atoms with Crippen LogP contribution in [0.1, 0.15) is 56.2 Å². The Morgan fingerprint density at radius 3 is 2.49 bits per heavy atom. The number of ether oxygens (including phenoxy) is 1. The van der Waals surface area contributed by atoms with Crippen molar-refractivity contribution in [2.45, 2.75) is 63.4 Å². The molecule has 0 bridgehead atoms. The van der Waals surface area contributed by atoms with Crippen LogP contribution in [0.4, 0.5) is 13.2 Å². The Balaban J connectivity index is 1.46. The van der Waals surface area contributed by atoms with Gasteiger partial charge in [-0.15, -0.1) is 10.2 Å². The van der Waals surface area contributed by atoms with Gasteiger partial charge < -0.3 is 10.5 Å². The maximum Gasteiger partial charge on any atom is 0.408 e. The molecule has 37 heavy (non-hydrogen) atoms. The minimum atomic E-state index is -4.45. The first-order valence-corrected chi connectivity index (χ1v) is 12.7. The van der Waals surface area contributed by atoms with Gasteiger partial charge >= 0.3 is 6.18 Å². The molecule has 1 saturated heterocycles. The molecule has 0 spiro atoms. The summed E-state index contributed by atoms with van der Waals surface area (Å²) in [6, 6.07) is 8.84.